The van der Waals surface area contributed by atoms with Gasteiger partial charge in [-0.25, -0.2) is 9.97 Å². The summed E-state index contributed by atoms with van der Waals surface area (Å²) in [6, 6.07) is 16.2. The van der Waals surface area contributed by atoms with Crippen molar-refractivity contribution in [3.63, 3.8) is 0 Å². The smallest absolute Gasteiger partial charge is 0.257 e. The van der Waals surface area contributed by atoms with E-state index < -0.39 is 0 Å². The number of para-hydroxylation sites is 1. The van der Waals surface area contributed by atoms with Crippen molar-refractivity contribution in [2.75, 3.05) is 16.4 Å². The Morgan fingerprint density at radius 2 is 1.74 bits per heavy atom. The van der Waals surface area contributed by atoms with Crippen LogP contribution in [0.1, 0.15) is 15.9 Å². The van der Waals surface area contributed by atoms with Crippen molar-refractivity contribution in [2.45, 2.75) is 12.1 Å². The number of nitrogens with one attached hydrogen (secondary N) is 2. The zero-order valence-corrected chi connectivity index (χ0v) is 15.5. The summed E-state index contributed by atoms with van der Waals surface area (Å²) < 4.78 is 0. The molecule has 0 bridgehead atoms. The van der Waals surface area contributed by atoms with E-state index in [-0.39, 0.29) is 17.6 Å². The minimum Gasteiger partial charge on any atom is -0.325 e. The summed E-state index contributed by atoms with van der Waals surface area (Å²) in [4.78, 5) is 33.0. The predicted octanol–water partition coefficient (Wildman–Crippen LogP) is 3.77. The number of thioether (sulfide) groups is 1. The Bertz CT molecular complexity index is 947. The number of carbonyl (C=O) groups excluding carboxylic acids is 2. The molecule has 3 aromatic rings. The van der Waals surface area contributed by atoms with E-state index >= 15 is 0 Å². The van der Waals surface area contributed by atoms with Crippen LogP contribution in [0.4, 0.5) is 11.4 Å². The minimum absolute atomic E-state index is 0.151. The molecule has 3 rings (SSSR count). The molecule has 0 saturated heterocycles. The molecule has 6 nitrogen and oxygen atoms in total. The van der Waals surface area contributed by atoms with Crippen LogP contribution in [0, 0.1) is 6.92 Å². The Hall–Kier alpha value is -3.19. The molecule has 2 amide bonds. The monoisotopic (exact) mass is 378 g/mol. The van der Waals surface area contributed by atoms with Crippen molar-refractivity contribution in [1.29, 1.82) is 0 Å². The molecule has 0 atom stereocenters. The lowest BCUT2D eigenvalue weighted by Crippen LogP contribution is -2.19. The molecule has 0 aliphatic carbocycles. The number of hydrogen-bond acceptors (Lipinski definition) is 5. The zero-order valence-electron chi connectivity index (χ0n) is 14.7. The van der Waals surface area contributed by atoms with Crippen LogP contribution < -0.4 is 10.6 Å². The van der Waals surface area contributed by atoms with Gasteiger partial charge in [0.25, 0.3) is 5.91 Å². The molecule has 2 N–H and O–H groups in total. The normalized spacial score (nSPS) is 10.3. The van der Waals surface area contributed by atoms with Gasteiger partial charge in [-0.2, -0.15) is 0 Å². The highest BCUT2D eigenvalue weighted by Gasteiger charge is 2.14. The summed E-state index contributed by atoms with van der Waals surface area (Å²) in [5.74, 6) is -0.364. The van der Waals surface area contributed by atoms with E-state index in [0.717, 1.165) is 5.56 Å². The minimum atomic E-state index is -0.282. The molecule has 0 aliphatic rings. The number of benzene rings is 2. The second kappa shape index (κ2) is 8.95. The largest absolute Gasteiger partial charge is 0.325 e. The summed E-state index contributed by atoms with van der Waals surface area (Å²) in [5, 5.41) is 6.16. The van der Waals surface area contributed by atoms with Crippen LogP contribution in [-0.2, 0) is 4.79 Å². The number of aryl methyl sites for hydroxylation is 1. The van der Waals surface area contributed by atoms with Crippen molar-refractivity contribution in [1.82, 2.24) is 9.97 Å². The van der Waals surface area contributed by atoms with Crippen molar-refractivity contribution in [3.05, 3.63) is 78.1 Å². The lowest BCUT2D eigenvalue weighted by atomic mass is 10.1. The van der Waals surface area contributed by atoms with Crippen LogP contribution in [0.2, 0.25) is 0 Å². The Morgan fingerprint density at radius 1 is 0.963 bits per heavy atom. The molecule has 0 aliphatic heterocycles. The van der Waals surface area contributed by atoms with Crippen molar-refractivity contribution in [2.24, 2.45) is 0 Å². The van der Waals surface area contributed by atoms with Gasteiger partial charge in [0, 0.05) is 18.1 Å². The van der Waals surface area contributed by atoms with Gasteiger partial charge in [-0.05, 0) is 42.8 Å². The van der Waals surface area contributed by atoms with Gasteiger partial charge in [0.1, 0.15) is 0 Å². The van der Waals surface area contributed by atoms with Crippen LogP contribution in [0.3, 0.4) is 0 Å². The van der Waals surface area contributed by atoms with Crippen LogP contribution >= 0.6 is 11.8 Å². The lowest BCUT2D eigenvalue weighted by Gasteiger charge is -2.11. The molecule has 0 fully saturated rings. The summed E-state index contributed by atoms with van der Waals surface area (Å²) in [5.41, 5.74) is 2.61. The molecule has 0 saturated carbocycles. The fraction of sp³-hybridized carbons (Fsp3) is 0.100. The number of amides is 2. The summed E-state index contributed by atoms with van der Waals surface area (Å²) in [6.07, 6.45) is 3.25. The second-order valence-corrected chi connectivity index (χ2v) is 6.68. The van der Waals surface area contributed by atoms with Gasteiger partial charge in [-0.15, -0.1) is 0 Å². The number of aromatic nitrogens is 2. The molecule has 2 aromatic carbocycles. The highest BCUT2D eigenvalue weighted by molar-refractivity contribution is 7.99. The first-order chi connectivity index (χ1) is 13.1. The number of hydrogen-bond donors (Lipinski definition) is 2. The highest BCUT2D eigenvalue weighted by atomic mass is 32.2. The van der Waals surface area contributed by atoms with E-state index in [9.17, 15) is 9.59 Å². The van der Waals surface area contributed by atoms with E-state index in [1.807, 2.05) is 31.2 Å². The Morgan fingerprint density at radius 3 is 2.52 bits per heavy atom. The molecule has 136 valence electrons. The zero-order chi connectivity index (χ0) is 19.1. The van der Waals surface area contributed by atoms with Crippen LogP contribution in [0.5, 0.6) is 0 Å². The third-order valence-electron chi connectivity index (χ3n) is 3.60. The number of carbonyl (C=O) groups is 2. The SMILES string of the molecule is Cc1cccc(NC(=O)c2ccccc2NC(=O)CSc2ncccn2)c1. The van der Waals surface area contributed by atoms with Gasteiger partial charge >= 0.3 is 0 Å². The topological polar surface area (TPSA) is 84.0 Å². The fourth-order valence-corrected chi connectivity index (χ4v) is 2.99. The van der Waals surface area contributed by atoms with Gasteiger partial charge in [-0.3, -0.25) is 9.59 Å². The maximum atomic E-state index is 12.6. The molecule has 27 heavy (non-hydrogen) atoms. The highest BCUT2D eigenvalue weighted by Crippen LogP contribution is 2.19. The molecule has 0 unspecified atom stereocenters. The summed E-state index contributed by atoms with van der Waals surface area (Å²) in [6.45, 7) is 1.96. The Balaban J connectivity index is 1.66. The van der Waals surface area contributed by atoms with E-state index in [1.165, 1.54) is 11.8 Å². The molecular formula is C20H18N4O2S. The number of rotatable bonds is 6. The summed E-state index contributed by atoms with van der Waals surface area (Å²) in [7, 11) is 0. The fourth-order valence-electron chi connectivity index (χ4n) is 2.39. The molecule has 0 spiro atoms. The van der Waals surface area contributed by atoms with Crippen molar-refractivity contribution < 1.29 is 9.59 Å². The van der Waals surface area contributed by atoms with E-state index in [2.05, 4.69) is 20.6 Å². The first kappa shape index (κ1) is 18.6. The van der Waals surface area contributed by atoms with Gasteiger partial charge in [0.05, 0.1) is 17.0 Å². The molecule has 7 heteroatoms. The molecule has 0 radical (unpaired) electrons. The predicted molar refractivity (Wildman–Crippen MR) is 107 cm³/mol. The Labute approximate surface area is 161 Å². The summed E-state index contributed by atoms with van der Waals surface area (Å²) >= 11 is 1.23. The van der Waals surface area contributed by atoms with E-state index in [4.69, 9.17) is 0 Å². The average molecular weight is 378 g/mol. The first-order valence-electron chi connectivity index (χ1n) is 8.28. The third-order valence-corrected chi connectivity index (χ3v) is 4.47. The van der Waals surface area contributed by atoms with Crippen LogP contribution in [0.25, 0.3) is 0 Å². The van der Waals surface area contributed by atoms with E-state index in [0.29, 0.717) is 22.1 Å². The van der Waals surface area contributed by atoms with Gasteiger partial charge < -0.3 is 10.6 Å². The standard InChI is InChI=1S/C20H18N4O2S/c1-14-6-4-7-15(12-14)23-19(26)16-8-2-3-9-17(16)24-18(25)13-27-20-21-10-5-11-22-20/h2-12H,13H2,1H3,(H,23,26)(H,24,25). The second-order valence-electron chi connectivity index (χ2n) is 5.74. The van der Waals surface area contributed by atoms with Crippen molar-refractivity contribution >= 4 is 35.0 Å². The Kier molecular flexibility index (Phi) is 6.17. The van der Waals surface area contributed by atoms with Gasteiger partial charge in [0.2, 0.25) is 5.91 Å². The van der Waals surface area contributed by atoms with Crippen molar-refractivity contribution in [3.8, 4) is 0 Å². The number of anilines is 2. The van der Waals surface area contributed by atoms with E-state index in [1.54, 1.807) is 42.7 Å². The maximum Gasteiger partial charge on any atom is 0.257 e. The average Bonchev–Trinajstić information content (AvgIpc) is 2.67. The molecular weight excluding hydrogens is 360 g/mol. The molecule has 1 aromatic heterocycles. The third kappa shape index (κ3) is 5.39. The first-order valence-corrected chi connectivity index (χ1v) is 9.27. The lowest BCUT2D eigenvalue weighted by molar-refractivity contribution is -0.113. The number of nitrogens with zero attached hydrogens (tertiary/aromatic N) is 2. The van der Waals surface area contributed by atoms with Gasteiger partial charge in [-0.1, -0.05) is 36.0 Å². The van der Waals surface area contributed by atoms with Crippen LogP contribution in [0.15, 0.2) is 72.1 Å². The molecule has 1 heterocycles. The maximum absolute atomic E-state index is 12.6. The van der Waals surface area contributed by atoms with Crippen LogP contribution in [-0.4, -0.2) is 27.5 Å². The van der Waals surface area contributed by atoms with Gasteiger partial charge in [0.15, 0.2) is 5.16 Å². The quantitative estimate of drug-likeness (QED) is 0.504.